The minimum absolute atomic E-state index is 0.0102. The number of benzene rings is 2. The molecule has 130 valence electrons. The molecule has 1 atom stereocenters. The monoisotopic (exact) mass is 335 g/mol. The summed E-state index contributed by atoms with van der Waals surface area (Å²) in [5, 5.41) is 1.14. The van der Waals surface area contributed by atoms with Gasteiger partial charge < -0.3 is 15.6 Å². The van der Waals surface area contributed by atoms with E-state index in [9.17, 15) is 4.79 Å². The lowest BCUT2D eigenvalue weighted by Crippen LogP contribution is -2.44. The van der Waals surface area contributed by atoms with Crippen LogP contribution in [0.3, 0.4) is 0 Å². The van der Waals surface area contributed by atoms with E-state index in [-0.39, 0.29) is 5.91 Å². The number of hydrogen-bond acceptors (Lipinski definition) is 2. The van der Waals surface area contributed by atoms with Crippen molar-refractivity contribution in [2.45, 2.75) is 32.4 Å². The van der Waals surface area contributed by atoms with Crippen LogP contribution >= 0.6 is 0 Å². The average Bonchev–Trinajstić information content (AvgIpc) is 3.04. The summed E-state index contributed by atoms with van der Waals surface area (Å²) in [6, 6.07) is 17.6. The molecule has 1 aromatic heterocycles. The summed E-state index contributed by atoms with van der Waals surface area (Å²) in [7, 11) is 0. The molecule has 0 radical (unpaired) electrons. The number of nitrogens with zero attached hydrogens (tertiary/aromatic N) is 1. The Labute approximate surface area is 148 Å². The van der Waals surface area contributed by atoms with Gasteiger partial charge in [0, 0.05) is 30.2 Å². The molecule has 0 saturated carbocycles. The lowest BCUT2D eigenvalue weighted by atomic mass is 10.0. The number of para-hydroxylation sites is 1. The number of aromatic amines is 1. The quantitative estimate of drug-likeness (QED) is 0.694. The zero-order valence-corrected chi connectivity index (χ0v) is 14.6. The first kappa shape index (κ1) is 17.2. The highest BCUT2D eigenvalue weighted by molar-refractivity contribution is 5.86. The summed E-state index contributed by atoms with van der Waals surface area (Å²) in [5.41, 5.74) is 9.57. The Balaban J connectivity index is 1.72. The van der Waals surface area contributed by atoms with E-state index in [1.165, 1.54) is 0 Å². The summed E-state index contributed by atoms with van der Waals surface area (Å²) < 4.78 is 0. The standard InChI is InChI=1S/C21H25N3O/c1-2-12-24(15-16-8-4-3-5-9-16)21(25)19(22)13-17-14-23-20-11-7-6-10-18(17)20/h3-11,14,19,23H,2,12-13,15,22H2,1H3/t19-/m0/s1. The second-order valence-corrected chi connectivity index (χ2v) is 6.42. The second kappa shape index (κ2) is 7.99. The molecule has 1 heterocycles. The topological polar surface area (TPSA) is 62.1 Å². The van der Waals surface area contributed by atoms with Crippen molar-refractivity contribution >= 4 is 16.8 Å². The normalized spacial score (nSPS) is 12.2. The number of aromatic nitrogens is 1. The molecule has 0 saturated heterocycles. The van der Waals surface area contributed by atoms with Crippen LogP contribution in [0.5, 0.6) is 0 Å². The van der Waals surface area contributed by atoms with Crippen LogP contribution < -0.4 is 5.73 Å². The highest BCUT2D eigenvalue weighted by Gasteiger charge is 2.22. The van der Waals surface area contributed by atoms with Crippen LogP contribution in [-0.4, -0.2) is 28.4 Å². The molecule has 0 aliphatic rings. The predicted octanol–water partition coefficient (Wildman–Crippen LogP) is 3.48. The van der Waals surface area contributed by atoms with Crippen LogP contribution in [0.4, 0.5) is 0 Å². The molecule has 1 amide bonds. The number of carbonyl (C=O) groups is 1. The van der Waals surface area contributed by atoms with Gasteiger partial charge in [-0.25, -0.2) is 0 Å². The van der Waals surface area contributed by atoms with Gasteiger partial charge in [-0.3, -0.25) is 4.79 Å². The van der Waals surface area contributed by atoms with Crippen molar-refractivity contribution in [1.82, 2.24) is 9.88 Å². The third-order valence-electron chi connectivity index (χ3n) is 4.45. The van der Waals surface area contributed by atoms with Crippen LogP contribution in [0, 0.1) is 0 Å². The lowest BCUT2D eigenvalue weighted by molar-refractivity contribution is -0.133. The molecule has 0 aliphatic heterocycles. The van der Waals surface area contributed by atoms with Crippen molar-refractivity contribution in [2.24, 2.45) is 5.73 Å². The SMILES string of the molecule is CCCN(Cc1ccccc1)C(=O)[C@@H](N)Cc1c[nH]c2ccccc12. The van der Waals surface area contributed by atoms with E-state index < -0.39 is 6.04 Å². The number of nitrogens with two attached hydrogens (primary N) is 1. The number of amides is 1. The van der Waals surface area contributed by atoms with Gasteiger partial charge in [0.05, 0.1) is 6.04 Å². The van der Waals surface area contributed by atoms with Gasteiger partial charge in [-0.15, -0.1) is 0 Å². The number of fused-ring (bicyclic) bond motifs is 1. The van der Waals surface area contributed by atoms with Gasteiger partial charge in [-0.2, -0.15) is 0 Å². The summed E-state index contributed by atoms with van der Waals surface area (Å²) >= 11 is 0. The first-order chi connectivity index (χ1) is 12.2. The van der Waals surface area contributed by atoms with Crippen molar-refractivity contribution in [3.63, 3.8) is 0 Å². The van der Waals surface area contributed by atoms with Gasteiger partial charge >= 0.3 is 0 Å². The third-order valence-corrected chi connectivity index (χ3v) is 4.45. The predicted molar refractivity (Wildman–Crippen MR) is 102 cm³/mol. The van der Waals surface area contributed by atoms with Gasteiger partial charge in [-0.05, 0) is 30.0 Å². The molecule has 3 rings (SSSR count). The first-order valence-electron chi connectivity index (χ1n) is 8.82. The molecule has 0 spiro atoms. The van der Waals surface area contributed by atoms with Crippen LogP contribution in [0.2, 0.25) is 0 Å². The Bertz CT molecular complexity index is 825. The van der Waals surface area contributed by atoms with Crippen LogP contribution in [0.25, 0.3) is 10.9 Å². The lowest BCUT2D eigenvalue weighted by Gasteiger charge is -2.25. The molecule has 4 heteroatoms. The zero-order chi connectivity index (χ0) is 17.6. The average molecular weight is 335 g/mol. The molecular formula is C21H25N3O. The second-order valence-electron chi connectivity index (χ2n) is 6.42. The Kier molecular flexibility index (Phi) is 5.51. The minimum Gasteiger partial charge on any atom is -0.361 e. The van der Waals surface area contributed by atoms with Gasteiger partial charge in [-0.1, -0.05) is 55.5 Å². The summed E-state index contributed by atoms with van der Waals surface area (Å²) in [4.78, 5) is 18.0. The third kappa shape index (κ3) is 4.09. The van der Waals surface area contributed by atoms with Crippen molar-refractivity contribution in [1.29, 1.82) is 0 Å². The molecular weight excluding hydrogens is 310 g/mol. The molecule has 3 N–H and O–H groups in total. The molecule has 0 bridgehead atoms. The van der Waals surface area contributed by atoms with Crippen LogP contribution in [-0.2, 0) is 17.8 Å². The summed E-state index contributed by atoms with van der Waals surface area (Å²) in [5.74, 6) is 0.0102. The zero-order valence-electron chi connectivity index (χ0n) is 14.6. The van der Waals surface area contributed by atoms with Crippen LogP contribution in [0.15, 0.2) is 60.8 Å². The minimum atomic E-state index is -0.533. The maximum Gasteiger partial charge on any atom is 0.240 e. The number of hydrogen-bond donors (Lipinski definition) is 2. The van der Waals surface area contributed by atoms with Gasteiger partial charge in [0.1, 0.15) is 0 Å². The van der Waals surface area contributed by atoms with Crippen molar-refractivity contribution in [3.05, 3.63) is 71.9 Å². The van der Waals surface area contributed by atoms with Crippen molar-refractivity contribution in [3.8, 4) is 0 Å². The Morgan fingerprint density at radius 1 is 1.12 bits per heavy atom. The van der Waals surface area contributed by atoms with Crippen LogP contribution in [0.1, 0.15) is 24.5 Å². The fourth-order valence-corrected chi connectivity index (χ4v) is 3.20. The summed E-state index contributed by atoms with van der Waals surface area (Å²) in [6.07, 6.45) is 3.41. The number of nitrogens with one attached hydrogen (secondary N) is 1. The van der Waals surface area contributed by atoms with E-state index in [0.717, 1.165) is 35.0 Å². The van der Waals surface area contributed by atoms with E-state index in [2.05, 4.69) is 18.0 Å². The summed E-state index contributed by atoms with van der Waals surface area (Å²) in [6.45, 7) is 3.40. The smallest absolute Gasteiger partial charge is 0.240 e. The molecule has 0 unspecified atom stereocenters. The van der Waals surface area contributed by atoms with E-state index in [0.29, 0.717) is 13.0 Å². The van der Waals surface area contributed by atoms with E-state index >= 15 is 0 Å². The molecule has 4 nitrogen and oxygen atoms in total. The molecule has 3 aromatic rings. The van der Waals surface area contributed by atoms with Crippen molar-refractivity contribution < 1.29 is 4.79 Å². The molecule has 2 aromatic carbocycles. The van der Waals surface area contributed by atoms with Gasteiger partial charge in [0.2, 0.25) is 5.91 Å². The highest BCUT2D eigenvalue weighted by atomic mass is 16.2. The number of H-pyrrole nitrogens is 1. The Morgan fingerprint density at radius 2 is 1.84 bits per heavy atom. The van der Waals surface area contributed by atoms with E-state index in [1.807, 2.05) is 59.6 Å². The number of carbonyl (C=O) groups excluding carboxylic acids is 1. The van der Waals surface area contributed by atoms with Gasteiger partial charge in [0.25, 0.3) is 0 Å². The molecule has 0 aliphatic carbocycles. The molecule has 25 heavy (non-hydrogen) atoms. The Morgan fingerprint density at radius 3 is 2.60 bits per heavy atom. The van der Waals surface area contributed by atoms with E-state index in [1.54, 1.807) is 0 Å². The maximum atomic E-state index is 12.9. The first-order valence-corrected chi connectivity index (χ1v) is 8.82. The highest BCUT2D eigenvalue weighted by Crippen LogP contribution is 2.19. The Hall–Kier alpha value is -2.59. The largest absolute Gasteiger partial charge is 0.361 e. The number of rotatable bonds is 7. The fraction of sp³-hybridized carbons (Fsp3) is 0.286. The van der Waals surface area contributed by atoms with Crippen molar-refractivity contribution in [2.75, 3.05) is 6.54 Å². The van der Waals surface area contributed by atoms with E-state index in [4.69, 9.17) is 5.73 Å². The van der Waals surface area contributed by atoms with Gasteiger partial charge in [0.15, 0.2) is 0 Å². The fourth-order valence-electron chi connectivity index (χ4n) is 3.20. The maximum absolute atomic E-state index is 12.9. The molecule has 0 fully saturated rings.